The van der Waals surface area contributed by atoms with Gasteiger partial charge in [-0.15, -0.1) is 11.3 Å². The van der Waals surface area contributed by atoms with Crippen molar-refractivity contribution in [3.63, 3.8) is 0 Å². The minimum Gasteiger partial charge on any atom is -0.480 e. The molecule has 1 heterocycles. The number of benzene rings is 1. The van der Waals surface area contributed by atoms with Crippen molar-refractivity contribution in [2.75, 3.05) is 0 Å². The Morgan fingerprint density at radius 3 is 2.74 bits per heavy atom. The topological polar surface area (TPSA) is 79.3 Å². The fraction of sp³-hybridized carbons (Fsp3) is 0.312. The van der Waals surface area contributed by atoms with Crippen molar-refractivity contribution in [1.82, 2.24) is 10.3 Å². The smallest absolute Gasteiger partial charge is 0.326 e. The first-order valence-corrected chi connectivity index (χ1v) is 7.97. The van der Waals surface area contributed by atoms with Crippen LogP contribution in [0.5, 0.6) is 0 Å². The second-order valence-electron chi connectivity index (χ2n) is 5.47. The first-order valence-electron chi connectivity index (χ1n) is 7.09. The third kappa shape index (κ3) is 4.59. The summed E-state index contributed by atoms with van der Waals surface area (Å²) in [5.74, 6) is -2.16. The third-order valence-electron chi connectivity index (χ3n) is 3.25. The van der Waals surface area contributed by atoms with Gasteiger partial charge in [0.15, 0.2) is 0 Å². The number of thiazole rings is 1. The minimum absolute atomic E-state index is 0.174. The molecule has 2 aromatic rings. The van der Waals surface area contributed by atoms with Crippen molar-refractivity contribution < 1.29 is 19.1 Å². The Morgan fingerprint density at radius 2 is 2.13 bits per heavy atom. The Balaban J connectivity index is 2.06. The molecule has 0 aliphatic carbocycles. The highest BCUT2D eigenvalue weighted by Gasteiger charge is 2.24. The molecule has 5 nitrogen and oxygen atoms in total. The van der Waals surface area contributed by atoms with E-state index >= 15 is 0 Å². The zero-order valence-corrected chi connectivity index (χ0v) is 13.6. The van der Waals surface area contributed by atoms with Gasteiger partial charge in [-0.05, 0) is 23.6 Å². The predicted molar refractivity (Wildman–Crippen MR) is 85.0 cm³/mol. The van der Waals surface area contributed by atoms with Crippen LogP contribution in [0.4, 0.5) is 4.39 Å². The van der Waals surface area contributed by atoms with Crippen LogP contribution in [0.1, 0.15) is 34.9 Å². The Morgan fingerprint density at radius 1 is 1.39 bits per heavy atom. The summed E-state index contributed by atoms with van der Waals surface area (Å²) in [6.07, 6.45) is 0.419. The normalized spacial score (nSPS) is 12.2. The maximum absolute atomic E-state index is 13.2. The van der Waals surface area contributed by atoms with Crippen LogP contribution in [-0.4, -0.2) is 28.0 Å². The molecule has 0 saturated carbocycles. The van der Waals surface area contributed by atoms with E-state index in [-0.39, 0.29) is 17.4 Å². The van der Waals surface area contributed by atoms with E-state index in [0.717, 1.165) is 5.56 Å². The molecule has 23 heavy (non-hydrogen) atoms. The van der Waals surface area contributed by atoms with E-state index in [9.17, 15) is 14.0 Å². The van der Waals surface area contributed by atoms with Gasteiger partial charge in [0.2, 0.25) is 0 Å². The maximum Gasteiger partial charge on any atom is 0.326 e. The molecule has 0 unspecified atom stereocenters. The van der Waals surface area contributed by atoms with E-state index in [1.54, 1.807) is 31.4 Å². The largest absolute Gasteiger partial charge is 0.480 e. The number of nitrogens with one attached hydrogen (secondary N) is 1. The number of hydrogen-bond acceptors (Lipinski definition) is 4. The molecular weight excluding hydrogens is 319 g/mol. The molecule has 1 atom stereocenters. The molecule has 7 heteroatoms. The number of carboxylic acid groups (broad SMARTS) is 1. The lowest BCUT2D eigenvalue weighted by Crippen LogP contribution is -2.44. The molecular formula is C16H17FN2O3S. The van der Waals surface area contributed by atoms with Gasteiger partial charge in [-0.1, -0.05) is 26.0 Å². The predicted octanol–water partition coefficient (Wildman–Crippen LogP) is 2.71. The summed E-state index contributed by atoms with van der Waals surface area (Å²) in [6, 6.07) is 5.22. The summed E-state index contributed by atoms with van der Waals surface area (Å²) in [7, 11) is 0. The summed E-state index contributed by atoms with van der Waals surface area (Å²) in [5, 5.41) is 13.8. The van der Waals surface area contributed by atoms with E-state index in [2.05, 4.69) is 10.3 Å². The van der Waals surface area contributed by atoms with E-state index in [1.165, 1.54) is 23.5 Å². The van der Waals surface area contributed by atoms with Crippen LogP contribution in [-0.2, 0) is 11.2 Å². The van der Waals surface area contributed by atoms with Crippen LogP contribution in [0.2, 0.25) is 0 Å². The van der Waals surface area contributed by atoms with Crippen molar-refractivity contribution in [1.29, 1.82) is 0 Å². The third-order valence-corrected chi connectivity index (χ3v) is 4.10. The lowest BCUT2D eigenvalue weighted by molar-refractivity contribution is -0.140. The molecule has 1 aromatic heterocycles. The van der Waals surface area contributed by atoms with Crippen LogP contribution in [0.3, 0.4) is 0 Å². The maximum atomic E-state index is 13.2. The van der Waals surface area contributed by atoms with Crippen molar-refractivity contribution in [3.8, 4) is 0 Å². The van der Waals surface area contributed by atoms with Crippen molar-refractivity contribution in [2.45, 2.75) is 26.3 Å². The highest BCUT2D eigenvalue weighted by atomic mass is 32.1. The molecule has 0 aliphatic heterocycles. The fourth-order valence-electron chi connectivity index (χ4n) is 2.05. The number of hydrogen-bond donors (Lipinski definition) is 2. The van der Waals surface area contributed by atoms with Crippen LogP contribution >= 0.6 is 11.3 Å². The molecule has 2 rings (SSSR count). The summed E-state index contributed by atoms with van der Waals surface area (Å²) in [4.78, 5) is 27.4. The molecule has 0 aliphatic rings. The Hall–Kier alpha value is -2.28. The number of carbonyl (C=O) groups is 2. The molecule has 0 saturated heterocycles. The summed E-state index contributed by atoms with van der Waals surface area (Å²) < 4.78 is 13.2. The second kappa shape index (κ2) is 7.32. The fourth-order valence-corrected chi connectivity index (χ4v) is 2.86. The number of aromatic nitrogens is 1. The molecule has 0 bridgehead atoms. The van der Waals surface area contributed by atoms with Crippen molar-refractivity contribution >= 4 is 23.2 Å². The molecule has 1 amide bonds. The standard InChI is InChI=1S/C16H17FN2O3S/c1-9(2)14(16(21)22)19-15(20)12-8-23-13(18-12)7-10-4-3-5-11(17)6-10/h3-6,8-9,14H,7H2,1-2H3,(H,19,20)(H,21,22)/t14-/m0/s1. The Kier molecular flexibility index (Phi) is 5.44. The number of halogens is 1. The van der Waals surface area contributed by atoms with Gasteiger partial charge in [0.1, 0.15) is 17.6 Å². The van der Waals surface area contributed by atoms with Gasteiger partial charge in [-0.2, -0.15) is 0 Å². The van der Waals surface area contributed by atoms with Gasteiger partial charge in [0.25, 0.3) is 5.91 Å². The van der Waals surface area contributed by atoms with Crippen molar-refractivity contribution in [2.24, 2.45) is 5.92 Å². The van der Waals surface area contributed by atoms with Crippen LogP contribution < -0.4 is 5.32 Å². The highest BCUT2D eigenvalue weighted by Crippen LogP contribution is 2.16. The van der Waals surface area contributed by atoms with Crippen LogP contribution in [0.25, 0.3) is 0 Å². The Bertz CT molecular complexity index is 715. The van der Waals surface area contributed by atoms with E-state index in [0.29, 0.717) is 11.4 Å². The van der Waals surface area contributed by atoms with E-state index < -0.39 is 17.9 Å². The van der Waals surface area contributed by atoms with Gasteiger partial charge >= 0.3 is 5.97 Å². The Labute approximate surface area is 137 Å². The number of aliphatic carboxylic acids is 1. The van der Waals surface area contributed by atoms with Gasteiger partial charge in [-0.3, -0.25) is 4.79 Å². The summed E-state index contributed by atoms with van der Waals surface area (Å²) in [6.45, 7) is 3.44. The minimum atomic E-state index is -1.08. The second-order valence-corrected chi connectivity index (χ2v) is 6.41. The van der Waals surface area contributed by atoms with E-state index in [1.807, 2.05) is 0 Å². The molecule has 0 spiro atoms. The molecule has 122 valence electrons. The van der Waals surface area contributed by atoms with Crippen molar-refractivity contribution in [3.05, 3.63) is 51.7 Å². The summed E-state index contributed by atoms with van der Waals surface area (Å²) >= 11 is 1.28. The SMILES string of the molecule is CC(C)[C@H](NC(=O)c1csc(Cc2cccc(F)c2)n1)C(=O)O. The monoisotopic (exact) mass is 336 g/mol. The number of carboxylic acids is 1. The van der Waals surface area contributed by atoms with Gasteiger partial charge < -0.3 is 10.4 Å². The average Bonchev–Trinajstić information content (AvgIpc) is 2.92. The molecule has 0 fully saturated rings. The summed E-state index contributed by atoms with van der Waals surface area (Å²) in [5.41, 5.74) is 0.935. The highest BCUT2D eigenvalue weighted by molar-refractivity contribution is 7.09. The lowest BCUT2D eigenvalue weighted by Gasteiger charge is -2.16. The quantitative estimate of drug-likeness (QED) is 0.850. The molecule has 2 N–H and O–H groups in total. The number of carbonyl (C=O) groups excluding carboxylic acids is 1. The number of rotatable bonds is 6. The first-order chi connectivity index (χ1) is 10.9. The number of nitrogens with zero attached hydrogens (tertiary/aromatic N) is 1. The van der Waals surface area contributed by atoms with Crippen LogP contribution in [0.15, 0.2) is 29.6 Å². The van der Waals surface area contributed by atoms with Gasteiger partial charge in [0, 0.05) is 11.8 Å². The number of amides is 1. The van der Waals surface area contributed by atoms with Gasteiger partial charge in [-0.25, -0.2) is 14.2 Å². The first kappa shape index (κ1) is 17.1. The average molecular weight is 336 g/mol. The lowest BCUT2D eigenvalue weighted by atomic mass is 10.0. The molecule has 1 aromatic carbocycles. The zero-order valence-electron chi connectivity index (χ0n) is 12.7. The van der Waals surface area contributed by atoms with E-state index in [4.69, 9.17) is 5.11 Å². The van der Waals surface area contributed by atoms with Crippen LogP contribution in [0, 0.1) is 11.7 Å². The van der Waals surface area contributed by atoms with Gasteiger partial charge in [0.05, 0.1) is 5.01 Å². The molecule has 0 radical (unpaired) electrons. The zero-order chi connectivity index (χ0) is 17.0.